The van der Waals surface area contributed by atoms with Crippen molar-refractivity contribution >= 4 is 42.3 Å². The molecule has 0 radical (unpaired) electrons. The van der Waals surface area contributed by atoms with Crippen molar-refractivity contribution in [1.29, 1.82) is 0 Å². The molecular weight excluding hydrogens is 377 g/mol. The molecule has 0 aliphatic carbocycles. The van der Waals surface area contributed by atoms with Crippen LogP contribution in [0.25, 0.3) is 11.4 Å². The summed E-state index contributed by atoms with van der Waals surface area (Å²) in [4.78, 5) is 0. The maximum Gasteiger partial charge on any atom is 0.296 e. The molecule has 17 heavy (non-hydrogen) atoms. The third-order valence-electron chi connectivity index (χ3n) is 2.17. The van der Waals surface area contributed by atoms with Crippen LogP contribution in [0.3, 0.4) is 0 Å². The Bertz CT molecular complexity index is 669. The molecule has 0 amide bonds. The Hall–Kier alpha value is -0.670. The normalized spacial score (nSPS) is 11.7. The number of hydrogen-bond acceptors (Lipinski definition) is 4. The fourth-order valence-corrected chi connectivity index (χ4v) is 2.99. The van der Waals surface area contributed by atoms with E-state index < -0.39 is 9.05 Å². The summed E-state index contributed by atoms with van der Waals surface area (Å²) < 4.78 is 24.8. The summed E-state index contributed by atoms with van der Waals surface area (Å²) in [5.74, 6) is 0.467. The third kappa shape index (κ3) is 2.45. The van der Waals surface area contributed by atoms with Gasteiger partial charge in [0.25, 0.3) is 14.2 Å². The molecule has 8 heteroatoms. The third-order valence-corrected chi connectivity index (χ3v) is 4.31. The van der Waals surface area contributed by atoms with Crippen molar-refractivity contribution in [2.45, 2.75) is 5.16 Å². The summed E-state index contributed by atoms with van der Waals surface area (Å²) in [6.07, 6.45) is 0. The highest BCUT2D eigenvalue weighted by Crippen LogP contribution is 2.25. The summed E-state index contributed by atoms with van der Waals surface area (Å²) in [5.41, 5.74) is 0.815. The lowest BCUT2D eigenvalue weighted by Crippen LogP contribution is -2.03. The Balaban J connectivity index is 2.64. The van der Waals surface area contributed by atoms with E-state index in [1.54, 1.807) is 7.05 Å². The van der Waals surface area contributed by atoms with Crippen LogP contribution in [0.1, 0.15) is 0 Å². The van der Waals surface area contributed by atoms with Crippen molar-refractivity contribution in [3.8, 4) is 11.4 Å². The van der Waals surface area contributed by atoms with Gasteiger partial charge in [-0.15, -0.1) is 10.2 Å². The van der Waals surface area contributed by atoms with Crippen molar-refractivity contribution in [3.05, 3.63) is 27.8 Å². The summed E-state index contributed by atoms with van der Waals surface area (Å²) in [5, 5.41) is 7.20. The Kier molecular flexibility index (Phi) is 3.41. The molecule has 0 unspecified atom stereocenters. The Labute approximate surface area is 116 Å². The topological polar surface area (TPSA) is 64.8 Å². The smallest absolute Gasteiger partial charge is 0.296 e. The lowest BCUT2D eigenvalue weighted by Gasteiger charge is -2.03. The minimum atomic E-state index is -3.87. The first-order valence-corrected chi connectivity index (χ1v) is 7.89. The number of halogens is 2. The summed E-state index contributed by atoms with van der Waals surface area (Å²) in [6.45, 7) is 0. The minimum absolute atomic E-state index is 0.256. The molecule has 0 atom stereocenters. The SMILES string of the molecule is Cn1c(-c2ccccc2I)nnc1S(=O)(=O)Cl. The molecule has 2 aromatic rings. The van der Waals surface area contributed by atoms with Gasteiger partial charge < -0.3 is 0 Å². The largest absolute Gasteiger partial charge is 0.300 e. The van der Waals surface area contributed by atoms with E-state index in [-0.39, 0.29) is 5.16 Å². The molecule has 0 aliphatic heterocycles. The number of hydrogen-bond donors (Lipinski definition) is 0. The molecule has 1 heterocycles. The lowest BCUT2D eigenvalue weighted by atomic mass is 10.2. The molecule has 5 nitrogen and oxygen atoms in total. The van der Waals surface area contributed by atoms with Crippen LogP contribution in [0, 0.1) is 3.57 Å². The highest BCUT2D eigenvalue weighted by molar-refractivity contribution is 14.1. The van der Waals surface area contributed by atoms with Gasteiger partial charge in [0.15, 0.2) is 5.82 Å². The number of rotatable bonds is 2. The monoisotopic (exact) mass is 383 g/mol. The molecule has 90 valence electrons. The van der Waals surface area contributed by atoms with Gasteiger partial charge in [-0.25, -0.2) is 8.42 Å². The molecular formula is C9H7ClIN3O2S. The van der Waals surface area contributed by atoms with E-state index in [0.29, 0.717) is 5.82 Å². The fraction of sp³-hybridized carbons (Fsp3) is 0.111. The van der Waals surface area contributed by atoms with Crippen molar-refractivity contribution in [3.63, 3.8) is 0 Å². The van der Waals surface area contributed by atoms with Crippen LogP contribution < -0.4 is 0 Å². The van der Waals surface area contributed by atoms with Crippen molar-refractivity contribution < 1.29 is 8.42 Å². The maximum atomic E-state index is 11.2. The first kappa shape index (κ1) is 12.8. The van der Waals surface area contributed by atoms with E-state index >= 15 is 0 Å². The molecule has 0 fully saturated rings. The molecule has 0 saturated carbocycles. The van der Waals surface area contributed by atoms with Crippen molar-refractivity contribution in [2.24, 2.45) is 7.05 Å². The molecule has 0 spiro atoms. The second-order valence-electron chi connectivity index (χ2n) is 3.28. The maximum absolute atomic E-state index is 11.2. The van der Waals surface area contributed by atoms with Crippen LogP contribution in [0.5, 0.6) is 0 Å². The van der Waals surface area contributed by atoms with Crippen molar-refractivity contribution in [2.75, 3.05) is 0 Å². The molecule has 0 aliphatic rings. The van der Waals surface area contributed by atoms with Gasteiger partial charge in [-0.1, -0.05) is 18.2 Å². The van der Waals surface area contributed by atoms with Gasteiger partial charge in [0.1, 0.15) is 0 Å². The Morgan fingerprint density at radius 2 is 1.94 bits per heavy atom. The average Bonchev–Trinajstić information content (AvgIpc) is 2.60. The van der Waals surface area contributed by atoms with Gasteiger partial charge >= 0.3 is 0 Å². The molecule has 0 bridgehead atoms. The first-order valence-electron chi connectivity index (χ1n) is 4.50. The zero-order valence-corrected chi connectivity index (χ0v) is 12.4. The molecule has 0 saturated heterocycles. The van der Waals surface area contributed by atoms with E-state index in [1.165, 1.54) is 4.57 Å². The van der Waals surface area contributed by atoms with Gasteiger partial charge in [0.05, 0.1) is 0 Å². The van der Waals surface area contributed by atoms with Crippen LogP contribution >= 0.6 is 33.3 Å². The van der Waals surface area contributed by atoms with Crippen LogP contribution in [0.2, 0.25) is 0 Å². The molecule has 2 rings (SSSR count). The number of aromatic nitrogens is 3. The standard InChI is InChI=1S/C9H7ClIN3O2S/c1-14-8(6-4-2-3-5-7(6)11)12-13-9(14)17(10,15)16/h2-5H,1H3. The van der Waals surface area contributed by atoms with Gasteiger partial charge in [-0.3, -0.25) is 4.57 Å². The molecule has 1 aromatic carbocycles. The van der Waals surface area contributed by atoms with E-state index in [1.807, 2.05) is 24.3 Å². The summed E-state index contributed by atoms with van der Waals surface area (Å²) in [6, 6.07) is 7.48. The van der Waals surface area contributed by atoms with Gasteiger partial charge in [0.2, 0.25) is 0 Å². The van der Waals surface area contributed by atoms with Gasteiger partial charge in [-0.2, -0.15) is 0 Å². The average molecular weight is 384 g/mol. The van der Waals surface area contributed by atoms with Crippen molar-refractivity contribution in [1.82, 2.24) is 14.8 Å². The highest BCUT2D eigenvalue weighted by Gasteiger charge is 2.21. The molecule has 0 N–H and O–H groups in total. The van der Waals surface area contributed by atoms with Crippen LogP contribution in [0.4, 0.5) is 0 Å². The van der Waals surface area contributed by atoms with E-state index in [2.05, 4.69) is 32.8 Å². The quantitative estimate of drug-likeness (QED) is 0.588. The first-order chi connectivity index (χ1) is 7.91. The van der Waals surface area contributed by atoms with E-state index in [0.717, 1.165) is 9.13 Å². The number of nitrogens with zero attached hydrogens (tertiary/aromatic N) is 3. The molecule has 1 aromatic heterocycles. The second-order valence-corrected chi connectivity index (χ2v) is 6.90. The predicted octanol–water partition coefficient (Wildman–Crippen LogP) is 2.01. The second kappa shape index (κ2) is 4.54. The van der Waals surface area contributed by atoms with Crippen LogP contribution in [-0.2, 0) is 16.1 Å². The van der Waals surface area contributed by atoms with Gasteiger partial charge in [0, 0.05) is 26.9 Å². The van der Waals surface area contributed by atoms with Crippen LogP contribution in [0.15, 0.2) is 29.4 Å². The summed E-state index contributed by atoms with van der Waals surface area (Å²) >= 11 is 2.15. The van der Waals surface area contributed by atoms with Gasteiger partial charge in [-0.05, 0) is 28.7 Å². The highest BCUT2D eigenvalue weighted by atomic mass is 127. The zero-order valence-electron chi connectivity index (χ0n) is 8.63. The fourth-order valence-electron chi connectivity index (χ4n) is 1.40. The Morgan fingerprint density at radius 1 is 1.29 bits per heavy atom. The van der Waals surface area contributed by atoms with Crippen LogP contribution in [-0.4, -0.2) is 23.2 Å². The minimum Gasteiger partial charge on any atom is -0.300 e. The lowest BCUT2D eigenvalue weighted by molar-refractivity contribution is 0.593. The number of benzene rings is 1. The summed E-state index contributed by atoms with van der Waals surface area (Å²) in [7, 11) is 2.94. The predicted molar refractivity (Wildman–Crippen MR) is 72.2 cm³/mol. The van der Waals surface area contributed by atoms with E-state index in [9.17, 15) is 8.42 Å². The van der Waals surface area contributed by atoms with E-state index in [4.69, 9.17) is 10.7 Å². The zero-order chi connectivity index (χ0) is 12.6. The Morgan fingerprint density at radius 3 is 2.47 bits per heavy atom.